The molecule has 0 radical (unpaired) electrons. The number of nitrogens with zero attached hydrogens (tertiary/aromatic N) is 2. The highest BCUT2D eigenvalue weighted by Crippen LogP contribution is 2.34. The molecule has 0 aliphatic carbocycles. The van der Waals surface area contributed by atoms with Crippen LogP contribution in [0.5, 0.6) is 0 Å². The Hall–Kier alpha value is -2.59. The molecule has 0 aromatic heterocycles. The second kappa shape index (κ2) is 7.79. The number of anilines is 1. The molecular weight excluding hydrogens is 324 g/mol. The first-order valence-corrected chi connectivity index (χ1v) is 8.39. The molecule has 1 unspecified atom stereocenters. The fraction of sp³-hybridized carbons (Fsp3) is 0.294. The Morgan fingerprint density at radius 3 is 2.62 bits per heavy atom. The Kier molecular flexibility index (Phi) is 5.77. The molecule has 0 saturated carbocycles. The zero-order valence-corrected chi connectivity index (χ0v) is 14.3. The van der Waals surface area contributed by atoms with Crippen molar-refractivity contribution >= 4 is 34.3 Å². The number of nitrogens with two attached hydrogens (primary N) is 1. The van der Waals surface area contributed by atoms with Crippen LogP contribution in [0.3, 0.4) is 0 Å². The Morgan fingerprint density at radius 1 is 1.38 bits per heavy atom. The van der Waals surface area contributed by atoms with Gasteiger partial charge in [-0.15, -0.1) is 0 Å². The van der Waals surface area contributed by atoms with Crippen LogP contribution in [-0.2, 0) is 9.59 Å². The number of primary amides is 1. The van der Waals surface area contributed by atoms with Gasteiger partial charge in [-0.3, -0.25) is 9.59 Å². The molecule has 7 heteroatoms. The van der Waals surface area contributed by atoms with Crippen molar-refractivity contribution in [1.82, 2.24) is 0 Å². The van der Waals surface area contributed by atoms with Crippen molar-refractivity contribution in [2.75, 3.05) is 11.1 Å². The first-order valence-electron chi connectivity index (χ1n) is 7.40. The number of benzene rings is 1. The van der Waals surface area contributed by atoms with Crippen molar-refractivity contribution in [3.8, 4) is 6.07 Å². The number of para-hydroxylation sites is 1. The number of carbonyl (C=O) groups is 2. The quantitative estimate of drug-likeness (QED) is 0.875. The summed E-state index contributed by atoms with van der Waals surface area (Å²) in [5.74, 6) is -1.58. The van der Waals surface area contributed by atoms with E-state index < -0.39 is 11.8 Å². The Labute approximate surface area is 144 Å². The van der Waals surface area contributed by atoms with E-state index in [2.05, 4.69) is 16.4 Å². The minimum Gasteiger partial charge on any atom is -0.369 e. The van der Waals surface area contributed by atoms with Crippen LogP contribution in [0.1, 0.15) is 13.8 Å². The van der Waals surface area contributed by atoms with Gasteiger partial charge in [-0.05, 0) is 19.1 Å². The number of allylic oxidation sites excluding steroid dienone is 1. The van der Waals surface area contributed by atoms with E-state index >= 15 is 0 Å². The van der Waals surface area contributed by atoms with Gasteiger partial charge in [-0.25, -0.2) is 4.99 Å². The molecule has 3 N–H and O–H groups in total. The topological polar surface area (TPSA) is 108 Å². The van der Waals surface area contributed by atoms with E-state index in [0.717, 1.165) is 11.8 Å². The number of nitrogens with one attached hydrogen (secondary N) is 1. The highest BCUT2D eigenvalue weighted by Gasteiger charge is 2.34. The van der Waals surface area contributed by atoms with Crippen LogP contribution in [0.25, 0.3) is 0 Å². The molecule has 1 aromatic carbocycles. The molecule has 0 bridgehead atoms. The summed E-state index contributed by atoms with van der Waals surface area (Å²) in [6.45, 7) is 3.55. The first-order chi connectivity index (χ1) is 11.4. The van der Waals surface area contributed by atoms with Gasteiger partial charge in [0.15, 0.2) is 0 Å². The lowest BCUT2D eigenvalue weighted by molar-refractivity contribution is -0.115. The van der Waals surface area contributed by atoms with Crippen LogP contribution in [0, 0.1) is 23.2 Å². The Balaban J connectivity index is 2.27. The molecule has 124 valence electrons. The highest BCUT2D eigenvalue weighted by molar-refractivity contribution is 8.14. The van der Waals surface area contributed by atoms with Crippen LogP contribution in [0.15, 0.2) is 46.6 Å². The number of thioether (sulfide) groups is 1. The van der Waals surface area contributed by atoms with Gasteiger partial charge in [-0.2, -0.15) is 5.26 Å². The molecule has 1 aliphatic rings. The molecule has 1 heterocycles. The number of hydrogen-bond donors (Lipinski definition) is 2. The van der Waals surface area contributed by atoms with Crippen LogP contribution < -0.4 is 11.1 Å². The predicted octanol–water partition coefficient (Wildman–Crippen LogP) is 2.31. The van der Waals surface area contributed by atoms with Gasteiger partial charge < -0.3 is 11.1 Å². The number of nitriles is 1. The van der Waals surface area contributed by atoms with Crippen LogP contribution >= 0.6 is 11.8 Å². The zero-order chi connectivity index (χ0) is 17.7. The lowest BCUT2D eigenvalue weighted by Gasteiger charge is -2.27. The standard InChI is InChI=1S/C17H18N4O2S/c1-10-13(8-18)17(24-9-14(19)22)20-11(2)15(10)16(23)21-12-6-4-3-5-7-12/h3-7,10,13H,9H2,1-2H3,(H2,19,22)(H,21,23)/t10-,13?/m0/s1. The summed E-state index contributed by atoms with van der Waals surface area (Å²) in [6, 6.07) is 11.3. The SMILES string of the molecule is CC1=C(C(=O)Nc2ccccc2)[C@@H](C)C(C#N)C(SCC(N)=O)=N1. The van der Waals surface area contributed by atoms with E-state index in [-0.39, 0.29) is 17.6 Å². The fourth-order valence-electron chi connectivity index (χ4n) is 2.53. The number of aliphatic imine (C=N–C) groups is 1. The van der Waals surface area contributed by atoms with Crippen molar-refractivity contribution in [2.24, 2.45) is 22.6 Å². The molecule has 0 fully saturated rings. The lowest BCUT2D eigenvalue weighted by Crippen LogP contribution is -2.31. The largest absolute Gasteiger partial charge is 0.369 e. The van der Waals surface area contributed by atoms with Crippen LogP contribution in [-0.4, -0.2) is 22.6 Å². The average molecular weight is 342 g/mol. The summed E-state index contributed by atoms with van der Waals surface area (Å²) in [6.07, 6.45) is 0. The van der Waals surface area contributed by atoms with Gasteiger partial charge in [0.1, 0.15) is 5.92 Å². The summed E-state index contributed by atoms with van der Waals surface area (Å²) < 4.78 is 0. The number of hydrogen-bond acceptors (Lipinski definition) is 5. The summed E-state index contributed by atoms with van der Waals surface area (Å²) in [5, 5.41) is 12.8. The highest BCUT2D eigenvalue weighted by atomic mass is 32.2. The average Bonchev–Trinajstić information content (AvgIpc) is 2.53. The number of rotatable bonds is 4. The minimum atomic E-state index is -0.574. The van der Waals surface area contributed by atoms with Gasteiger partial charge in [-0.1, -0.05) is 36.9 Å². The summed E-state index contributed by atoms with van der Waals surface area (Å²) >= 11 is 1.15. The molecule has 2 atom stereocenters. The van der Waals surface area contributed by atoms with E-state index in [1.165, 1.54) is 0 Å². The molecule has 0 spiro atoms. The third-order valence-electron chi connectivity index (χ3n) is 3.67. The van der Waals surface area contributed by atoms with E-state index in [4.69, 9.17) is 5.73 Å². The second-order valence-electron chi connectivity index (χ2n) is 5.42. The third-order valence-corrected chi connectivity index (χ3v) is 4.74. The van der Waals surface area contributed by atoms with E-state index in [9.17, 15) is 14.9 Å². The maximum atomic E-state index is 12.6. The predicted molar refractivity (Wildman–Crippen MR) is 95.1 cm³/mol. The van der Waals surface area contributed by atoms with Crippen molar-refractivity contribution in [2.45, 2.75) is 13.8 Å². The fourth-order valence-corrected chi connectivity index (χ4v) is 3.46. The monoisotopic (exact) mass is 342 g/mol. The molecule has 1 aromatic rings. The van der Waals surface area contributed by atoms with E-state index in [1.807, 2.05) is 25.1 Å². The van der Waals surface area contributed by atoms with Gasteiger partial charge >= 0.3 is 0 Å². The van der Waals surface area contributed by atoms with Crippen LogP contribution in [0.2, 0.25) is 0 Å². The third kappa shape index (κ3) is 4.03. The van der Waals surface area contributed by atoms with Crippen molar-refractivity contribution in [3.63, 3.8) is 0 Å². The molecule has 2 amide bonds. The smallest absolute Gasteiger partial charge is 0.253 e. The second-order valence-corrected chi connectivity index (χ2v) is 6.42. The Bertz CT molecular complexity index is 750. The van der Waals surface area contributed by atoms with Crippen molar-refractivity contribution < 1.29 is 9.59 Å². The maximum absolute atomic E-state index is 12.6. The maximum Gasteiger partial charge on any atom is 0.253 e. The van der Waals surface area contributed by atoms with Crippen molar-refractivity contribution in [1.29, 1.82) is 5.26 Å². The summed E-state index contributed by atoms with van der Waals surface area (Å²) in [7, 11) is 0. The number of amides is 2. The number of carbonyl (C=O) groups excluding carboxylic acids is 2. The molecule has 6 nitrogen and oxygen atoms in total. The van der Waals surface area contributed by atoms with Crippen LogP contribution in [0.4, 0.5) is 5.69 Å². The molecule has 2 rings (SSSR count). The van der Waals surface area contributed by atoms with Gasteiger partial charge in [0.05, 0.1) is 16.9 Å². The molecular formula is C17H18N4O2S. The van der Waals surface area contributed by atoms with Gasteiger partial charge in [0, 0.05) is 22.9 Å². The molecule has 0 saturated heterocycles. The first kappa shape index (κ1) is 17.8. The lowest BCUT2D eigenvalue weighted by atomic mass is 9.85. The van der Waals surface area contributed by atoms with Gasteiger partial charge in [0.25, 0.3) is 5.91 Å². The zero-order valence-electron chi connectivity index (χ0n) is 13.4. The van der Waals surface area contributed by atoms with Crippen molar-refractivity contribution in [3.05, 3.63) is 41.6 Å². The normalized spacial score (nSPS) is 20.1. The van der Waals surface area contributed by atoms with E-state index in [0.29, 0.717) is 22.0 Å². The summed E-state index contributed by atoms with van der Waals surface area (Å²) in [4.78, 5) is 27.9. The van der Waals surface area contributed by atoms with Gasteiger partial charge in [0.2, 0.25) is 5.91 Å². The molecule has 24 heavy (non-hydrogen) atoms. The summed E-state index contributed by atoms with van der Waals surface area (Å²) in [5.41, 5.74) is 6.87. The molecule has 1 aliphatic heterocycles. The minimum absolute atomic E-state index is 0.0581. The Morgan fingerprint density at radius 2 is 2.04 bits per heavy atom. The van der Waals surface area contributed by atoms with E-state index in [1.54, 1.807) is 19.1 Å².